The van der Waals surface area contributed by atoms with Crippen molar-refractivity contribution in [1.82, 2.24) is 0 Å². The maximum Gasteiger partial charge on any atom is 0.123 e. The monoisotopic (exact) mass is 374 g/mol. The lowest BCUT2D eigenvalue weighted by Gasteiger charge is -2.59. The van der Waals surface area contributed by atoms with Crippen LogP contribution >= 0.6 is 0 Å². The third-order valence-corrected chi connectivity index (χ3v) is 9.59. The average molecular weight is 375 g/mol. The summed E-state index contributed by atoms with van der Waals surface area (Å²) in [6.07, 6.45) is 12.7. The van der Waals surface area contributed by atoms with Gasteiger partial charge in [0, 0.05) is 13.0 Å². The Bertz CT molecular complexity index is 627. The number of carbonyl (C=O) groups is 1. The standard InChI is InChI=1S/C24H38O3/c1-16(14-25)19-7-8-20-18-6-5-17-13-24(26,15-27-4)12-11-22(17,2)21(18)9-10-23(19,20)3/h5,14,16,18-21,26H,6-13,15H2,1-4H3/t16-,18+,19-,20+,21+,22+,23-,24+/m1/s1. The molecule has 0 heterocycles. The largest absolute Gasteiger partial charge is 0.387 e. The van der Waals surface area contributed by atoms with Gasteiger partial charge >= 0.3 is 0 Å². The molecule has 0 aromatic heterocycles. The summed E-state index contributed by atoms with van der Waals surface area (Å²) in [4.78, 5) is 11.5. The van der Waals surface area contributed by atoms with Crippen LogP contribution in [0.25, 0.3) is 0 Å². The first-order valence-corrected chi connectivity index (χ1v) is 11.1. The number of rotatable bonds is 4. The third-order valence-electron chi connectivity index (χ3n) is 9.59. The molecule has 0 aromatic rings. The number of allylic oxidation sites excluding steroid dienone is 1. The molecule has 4 aliphatic rings. The predicted octanol–water partition coefficient (Wildman–Crippen LogP) is 4.78. The first kappa shape index (κ1) is 19.6. The Kier molecular flexibility index (Phi) is 4.87. The predicted molar refractivity (Wildman–Crippen MR) is 107 cm³/mol. The molecule has 4 rings (SSSR count). The molecule has 3 fully saturated rings. The zero-order valence-electron chi connectivity index (χ0n) is 17.7. The molecule has 0 radical (unpaired) electrons. The fourth-order valence-electron chi connectivity index (χ4n) is 8.10. The minimum Gasteiger partial charge on any atom is -0.387 e. The average Bonchev–Trinajstić information content (AvgIpc) is 2.99. The van der Waals surface area contributed by atoms with E-state index in [-0.39, 0.29) is 11.3 Å². The summed E-state index contributed by atoms with van der Waals surface area (Å²) in [6.45, 7) is 7.55. The SMILES string of the molecule is COC[C@]1(O)CC[C@@]2(C)C(=CC[C@H]3[C@@H]4CC[C@H]([C@H](C)C=O)[C@@]4(C)CC[C@@H]32)C1. The summed E-state index contributed by atoms with van der Waals surface area (Å²) in [5.41, 5.74) is 1.41. The lowest BCUT2D eigenvalue weighted by atomic mass is 9.46. The second-order valence-electron chi connectivity index (χ2n) is 10.8. The number of methoxy groups -OCH3 is 1. The van der Waals surface area contributed by atoms with Crippen molar-refractivity contribution >= 4 is 6.29 Å². The highest BCUT2D eigenvalue weighted by atomic mass is 16.5. The van der Waals surface area contributed by atoms with Crippen LogP contribution in [0.2, 0.25) is 0 Å². The van der Waals surface area contributed by atoms with Crippen molar-refractivity contribution in [1.29, 1.82) is 0 Å². The number of ether oxygens (including phenoxy) is 1. The van der Waals surface area contributed by atoms with E-state index in [1.54, 1.807) is 7.11 Å². The summed E-state index contributed by atoms with van der Waals surface area (Å²) in [5, 5.41) is 10.9. The van der Waals surface area contributed by atoms with E-state index in [1.807, 2.05) is 0 Å². The fraction of sp³-hybridized carbons (Fsp3) is 0.875. The van der Waals surface area contributed by atoms with Gasteiger partial charge in [0.05, 0.1) is 12.2 Å². The van der Waals surface area contributed by atoms with Gasteiger partial charge in [-0.05, 0) is 85.9 Å². The Labute approximate surface area is 164 Å². The van der Waals surface area contributed by atoms with Crippen molar-refractivity contribution < 1.29 is 14.6 Å². The summed E-state index contributed by atoms with van der Waals surface area (Å²) in [5.74, 6) is 3.03. The van der Waals surface area contributed by atoms with Crippen molar-refractivity contribution in [2.45, 2.75) is 77.7 Å². The topological polar surface area (TPSA) is 46.5 Å². The molecule has 3 saturated carbocycles. The van der Waals surface area contributed by atoms with Crippen LogP contribution in [0, 0.1) is 40.4 Å². The first-order chi connectivity index (χ1) is 12.8. The second-order valence-corrected chi connectivity index (χ2v) is 10.8. The zero-order valence-corrected chi connectivity index (χ0v) is 17.7. The van der Waals surface area contributed by atoms with Gasteiger partial charge in [-0.2, -0.15) is 0 Å². The van der Waals surface area contributed by atoms with E-state index in [0.29, 0.717) is 17.9 Å². The number of hydrogen-bond donors (Lipinski definition) is 1. The van der Waals surface area contributed by atoms with Crippen molar-refractivity contribution in [2.75, 3.05) is 13.7 Å². The van der Waals surface area contributed by atoms with Crippen LogP contribution in [0.5, 0.6) is 0 Å². The van der Waals surface area contributed by atoms with Gasteiger partial charge in [-0.15, -0.1) is 0 Å². The lowest BCUT2D eigenvalue weighted by molar-refractivity contribution is -0.116. The minimum atomic E-state index is -0.673. The molecule has 0 unspecified atom stereocenters. The van der Waals surface area contributed by atoms with Gasteiger partial charge in [0.1, 0.15) is 6.29 Å². The highest BCUT2D eigenvalue weighted by Crippen LogP contribution is 2.67. The number of carbonyl (C=O) groups excluding carboxylic acids is 1. The molecular formula is C24H38O3. The molecule has 0 saturated heterocycles. The molecule has 4 aliphatic carbocycles. The normalized spacial score (nSPS) is 50.2. The quantitative estimate of drug-likeness (QED) is 0.569. The summed E-state index contributed by atoms with van der Waals surface area (Å²) < 4.78 is 5.31. The van der Waals surface area contributed by atoms with Crippen LogP contribution < -0.4 is 0 Å². The summed E-state index contributed by atoms with van der Waals surface area (Å²) in [6, 6.07) is 0. The van der Waals surface area contributed by atoms with Crippen molar-refractivity contribution in [3.05, 3.63) is 11.6 Å². The van der Waals surface area contributed by atoms with Crippen molar-refractivity contribution in [3.8, 4) is 0 Å². The highest BCUT2D eigenvalue weighted by molar-refractivity contribution is 5.53. The molecule has 0 bridgehead atoms. The molecule has 0 aromatic carbocycles. The van der Waals surface area contributed by atoms with E-state index < -0.39 is 5.60 Å². The van der Waals surface area contributed by atoms with E-state index in [0.717, 1.165) is 37.0 Å². The van der Waals surface area contributed by atoms with Crippen LogP contribution in [0.15, 0.2) is 11.6 Å². The Balaban J connectivity index is 1.60. The zero-order chi connectivity index (χ0) is 19.4. The molecule has 1 N–H and O–H groups in total. The van der Waals surface area contributed by atoms with Crippen LogP contribution in [0.4, 0.5) is 0 Å². The smallest absolute Gasteiger partial charge is 0.123 e. The molecule has 0 aliphatic heterocycles. The van der Waals surface area contributed by atoms with Crippen LogP contribution in [0.1, 0.15) is 72.1 Å². The minimum absolute atomic E-state index is 0.195. The first-order valence-electron chi connectivity index (χ1n) is 11.1. The second kappa shape index (κ2) is 6.69. The van der Waals surface area contributed by atoms with E-state index in [9.17, 15) is 9.90 Å². The number of fused-ring (bicyclic) bond motifs is 5. The lowest BCUT2D eigenvalue weighted by Crippen LogP contribution is -2.53. The molecule has 3 nitrogen and oxygen atoms in total. The Hall–Kier alpha value is -0.670. The fourth-order valence-corrected chi connectivity index (χ4v) is 8.10. The van der Waals surface area contributed by atoms with Crippen LogP contribution in [0.3, 0.4) is 0 Å². The Morgan fingerprint density at radius 3 is 2.70 bits per heavy atom. The van der Waals surface area contributed by atoms with E-state index >= 15 is 0 Å². The van der Waals surface area contributed by atoms with Gasteiger partial charge < -0.3 is 14.6 Å². The summed E-state index contributed by atoms with van der Waals surface area (Å²) >= 11 is 0. The van der Waals surface area contributed by atoms with Gasteiger partial charge in [0.15, 0.2) is 0 Å². The van der Waals surface area contributed by atoms with Gasteiger partial charge in [0.2, 0.25) is 0 Å². The van der Waals surface area contributed by atoms with Crippen LogP contribution in [-0.2, 0) is 9.53 Å². The van der Waals surface area contributed by atoms with Gasteiger partial charge in [-0.1, -0.05) is 32.4 Å². The molecule has 152 valence electrons. The molecule has 0 spiro atoms. The van der Waals surface area contributed by atoms with E-state index in [4.69, 9.17) is 4.74 Å². The molecule has 0 amide bonds. The van der Waals surface area contributed by atoms with Crippen molar-refractivity contribution in [3.63, 3.8) is 0 Å². The molecule has 8 atom stereocenters. The molecule has 27 heavy (non-hydrogen) atoms. The molecule has 3 heteroatoms. The van der Waals surface area contributed by atoms with E-state index in [2.05, 4.69) is 26.8 Å². The Morgan fingerprint density at radius 1 is 1.22 bits per heavy atom. The molecular weight excluding hydrogens is 336 g/mol. The highest BCUT2D eigenvalue weighted by Gasteiger charge is 2.59. The maximum atomic E-state index is 11.5. The van der Waals surface area contributed by atoms with Gasteiger partial charge in [-0.25, -0.2) is 0 Å². The number of aldehydes is 1. The van der Waals surface area contributed by atoms with Gasteiger partial charge in [0.25, 0.3) is 0 Å². The van der Waals surface area contributed by atoms with Crippen molar-refractivity contribution in [2.24, 2.45) is 40.4 Å². The number of hydrogen-bond acceptors (Lipinski definition) is 3. The third kappa shape index (κ3) is 2.87. The van der Waals surface area contributed by atoms with Gasteiger partial charge in [-0.3, -0.25) is 0 Å². The maximum absolute atomic E-state index is 11.5. The Morgan fingerprint density at radius 2 is 2.00 bits per heavy atom. The van der Waals surface area contributed by atoms with Crippen LogP contribution in [-0.4, -0.2) is 30.7 Å². The van der Waals surface area contributed by atoms with E-state index in [1.165, 1.54) is 44.0 Å². The number of aliphatic hydroxyl groups is 1. The summed E-state index contributed by atoms with van der Waals surface area (Å²) in [7, 11) is 1.69.